The van der Waals surface area contributed by atoms with E-state index < -0.39 is 0 Å². The Hall–Kier alpha value is -2.07. The van der Waals surface area contributed by atoms with Gasteiger partial charge in [0.25, 0.3) is 5.91 Å². The average Bonchev–Trinajstić information content (AvgIpc) is 2.49. The number of benzene rings is 1. The second-order valence-electron chi connectivity index (χ2n) is 4.75. The van der Waals surface area contributed by atoms with E-state index in [0.717, 1.165) is 12.1 Å². The number of carbonyl (C=O) groups excluding carboxylic acids is 1. The highest BCUT2D eigenvalue weighted by Gasteiger charge is 2.12. The summed E-state index contributed by atoms with van der Waals surface area (Å²) in [7, 11) is 1.78. The molecule has 1 heterocycles. The normalized spacial score (nSPS) is 10.2. The first-order valence-corrected chi connectivity index (χ1v) is 7.17. The predicted octanol–water partition coefficient (Wildman–Crippen LogP) is 3.44. The molecule has 21 heavy (non-hydrogen) atoms. The first-order chi connectivity index (χ1) is 10.1. The van der Waals surface area contributed by atoms with Gasteiger partial charge in [0.15, 0.2) is 0 Å². The van der Waals surface area contributed by atoms with Gasteiger partial charge in [-0.05, 0) is 36.8 Å². The number of amides is 1. The molecule has 0 aliphatic heterocycles. The number of carbonyl (C=O) groups is 1. The Morgan fingerprint density at radius 2 is 2.00 bits per heavy atom. The van der Waals surface area contributed by atoms with Crippen molar-refractivity contribution in [2.24, 2.45) is 0 Å². The number of anilines is 1. The summed E-state index contributed by atoms with van der Waals surface area (Å²) in [5.74, 6) is 0.676. The molecule has 2 aromatic rings. The standard InChI is InChI=1S/C16H18ClN3O/c1-3-18-15-10-13(8-9-19-15)16(21)20(2)11-12-4-6-14(17)7-5-12/h4-10H,3,11H2,1-2H3,(H,18,19). The molecule has 0 fully saturated rings. The second kappa shape index (κ2) is 7.09. The van der Waals surface area contributed by atoms with Crippen molar-refractivity contribution in [3.05, 3.63) is 58.7 Å². The van der Waals surface area contributed by atoms with Gasteiger partial charge in [0.05, 0.1) is 0 Å². The lowest BCUT2D eigenvalue weighted by atomic mass is 10.2. The van der Waals surface area contributed by atoms with Crippen LogP contribution < -0.4 is 5.32 Å². The number of halogens is 1. The number of pyridine rings is 1. The van der Waals surface area contributed by atoms with Crippen LogP contribution >= 0.6 is 11.6 Å². The molecule has 1 aromatic carbocycles. The zero-order valence-electron chi connectivity index (χ0n) is 12.1. The quantitative estimate of drug-likeness (QED) is 0.920. The van der Waals surface area contributed by atoms with Gasteiger partial charge in [0.1, 0.15) is 5.82 Å². The monoisotopic (exact) mass is 303 g/mol. The fourth-order valence-corrected chi connectivity index (χ4v) is 2.12. The molecule has 4 nitrogen and oxygen atoms in total. The van der Waals surface area contributed by atoms with Gasteiger partial charge in [-0.1, -0.05) is 23.7 Å². The lowest BCUT2D eigenvalue weighted by Crippen LogP contribution is -2.26. The average molecular weight is 304 g/mol. The highest BCUT2D eigenvalue weighted by Crippen LogP contribution is 2.13. The van der Waals surface area contributed by atoms with Gasteiger partial charge in [0.2, 0.25) is 0 Å². The molecule has 1 N–H and O–H groups in total. The van der Waals surface area contributed by atoms with E-state index in [-0.39, 0.29) is 5.91 Å². The van der Waals surface area contributed by atoms with Gasteiger partial charge in [-0.2, -0.15) is 0 Å². The Morgan fingerprint density at radius 1 is 1.29 bits per heavy atom. The van der Waals surface area contributed by atoms with Gasteiger partial charge in [-0.3, -0.25) is 4.79 Å². The van der Waals surface area contributed by atoms with E-state index in [4.69, 9.17) is 11.6 Å². The molecule has 0 aliphatic rings. The first-order valence-electron chi connectivity index (χ1n) is 6.80. The molecule has 0 aliphatic carbocycles. The molecular weight excluding hydrogens is 286 g/mol. The highest BCUT2D eigenvalue weighted by molar-refractivity contribution is 6.30. The van der Waals surface area contributed by atoms with Crippen molar-refractivity contribution in [3.8, 4) is 0 Å². The smallest absolute Gasteiger partial charge is 0.254 e. The van der Waals surface area contributed by atoms with Crippen molar-refractivity contribution >= 4 is 23.3 Å². The third-order valence-corrected chi connectivity index (χ3v) is 3.30. The maximum Gasteiger partial charge on any atom is 0.254 e. The Labute approximate surface area is 129 Å². The molecule has 0 atom stereocenters. The Morgan fingerprint density at radius 3 is 2.67 bits per heavy atom. The molecule has 1 amide bonds. The molecule has 5 heteroatoms. The molecule has 0 unspecified atom stereocenters. The van der Waals surface area contributed by atoms with Crippen LogP contribution in [0.3, 0.4) is 0 Å². The van der Waals surface area contributed by atoms with Crippen LogP contribution in [0, 0.1) is 0 Å². The fraction of sp³-hybridized carbons (Fsp3) is 0.250. The van der Waals surface area contributed by atoms with Crippen LogP contribution in [-0.4, -0.2) is 29.4 Å². The van der Waals surface area contributed by atoms with Crippen molar-refractivity contribution in [1.29, 1.82) is 0 Å². The predicted molar refractivity (Wildman–Crippen MR) is 85.7 cm³/mol. The van der Waals surface area contributed by atoms with Crippen LogP contribution in [0.4, 0.5) is 5.82 Å². The molecule has 1 aromatic heterocycles. The van der Waals surface area contributed by atoms with Crippen LogP contribution in [0.2, 0.25) is 5.02 Å². The zero-order valence-corrected chi connectivity index (χ0v) is 12.9. The minimum absolute atomic E-state index is 0.0356. The number of hydrogen-bond donors (Lipinski definition) is 1. The molecule has 2 rings (SSSR count). The number of hydrogen-bond acceptors (Lipinski definition) is 3. The van der Waals surface area contributed by atoms with Crippen LogP contribution in [0.25, 0.3) is 0 Å². The van der Waals surface area contributed by atoms with E-state index in [9.17, 15) is 4.79 Å². The summed E-state index contributed by atoms with van der Waals surface area (Å²) in [4.78, 5) is 18.3. The summed E-state index contributed by atoms with van der Waals surface area (Å²) >= 11 is 5.86. The van der Waals surface area contributed by atoms with Crippen molar-refractivity contribution in [2.75, 3.05) is 18.9 Å². The number of nitrogens with zero attached hydrogens (tertiary/aromatic N) is 2. The summed E-state index contributed by atoms with van der Waals surface area (Å²) in [5, 5.41) is 3.79. The third-order valence-electron chi connectivity index (χ3n) is 3.04. The summed E-state index contributed by atoms with van der Waals surface area (Å²) < 4.78 is 0. The van der Waals surface area contributed by atoms with Crippen LogP contribution in [-0.2, 0) is 6.54 Å². The third kappa shape index (κ3) is 4.20. The maximum absolute atomic E-state index is 12.4. The molecule has 0 saturated heterocycles. The van der Waals surface area contributed by atoms with E-state index in [2.05, 4.69) is 10.3 Å². The van der Waals surface area contributed by atoms with Gasteiger partial charge in [-0.15, -0.1) is 0 Å². The van der Waals surface area contributed by atoms with E-state index >= 15 is 0 Å². The number of nitrogens with one attached hydrogen (secondary N) is 1. The molecule has 0 saturated carbocycles. The topological polar surface area (TPSA) is 45.2 Å². The molecule has 0 radical (unpaired) electrons. The molecule has 110 valence electrons. The minimum atomic E-state index is -0.0356. The largest absolute Gasteiger partial charge is 0.370 e. The van der Waals surface area contributed by atoms with Crippen molar-refractivity contribution in [1.82, 2.24) is 9.88 Å². The SMILES string of the molecule is CCNc1cc(C(=O)N(C)Cc2ccc(Cl)cc2)ccn1. The number of aromatic nitrogens is 1. The van der Waals surface area contributed by atoms with Gasteiger partial charge < -0.3 is 10.2 Å². The Bertz CT molecular complexity index is 613. The molecule has 0 spiro atoms. The molecule has 0 bridgehead atoms. The van der Waals surface area contributed by atoms with Crippen molar-refractivity contribution < 1.29 is 4.79 Å². The van der Waals surface area contributed by atoms with E-state index in [0.29, 0.717) is 22.9 Å². The Kier molecular flexibility index (Phi) is 5.17. The van der Waals surface area contributed by atoms with Crippen molar-refractivity contribution in [2.45, 2.75) is 13.5 Å². The lowest BCUT2D eigenvalue weighted by Gasteiger charge is -2.17. The van der Waals surface area contributed by atoms with Crippen LogP contribution in [0.15, 0.2) is 42.6 Å². The van der Waals surface area contributed by atoms with Crippen LogP contribution in [0.5, 0.6) is 0 Å². The van der Waals surface area contributed by atoms with E-state index in [1.807, 2.05) is 31.2 Å². The second-order valence-corrected chi connectivity index (χ2v) is 5.18. The van der Waals surface area contributed by atoms with Gasteiger partial charge in [0, 0.05) is 36.9 Å². The van der Waals surface area contributed by atoms with E-state index in [1.165, 1.54) is 0 Å². The van der Waals surface area contributed by atoms with Crippen molar-refractivity contribution in [3.63, 3.8) is 0 Å². The summed E-state index contributed by atoms with van der Waals surface area (Å²) in [6.45, 7) is 3.29. The summed E-state index contributed by atoms with van der Waals surface area (Å²) in [5.41, 5.74) is 1.66. The van der Waals surface area contributed by atoms with E-state index in [1.54, 1.807) is 30.3 Å². The van der Waals surface area contributed by atoms with Gasteiger partial charge >= 0.3 is 0 Å². The maximum atomic E-state index is 12.4. The zero-order chi connectivity index (χ0) is 15.2. The Balaban J connectivity index is 2.08. The first kappa shape index (κ1) is 15.3. The van der Waals surface area contributed by atoms with Gasteiger partial charge in [-0.25, -0.2) is 4.98 Å². The highest BCUT2D eigenvalue weighted by atomic mass is 35.5. The summed E-state index contributed by atoms with van der Waals surface area (Å²) in [6, 6.07) is 11.0. The summed E-state index contributed by atoms with van der Waals surface area (Å²) in [6.07, 6.45) is 1.64. The lowest BCUT2D eigenvalue weighted by molar-refractivity contribution is 0.0785. The number of rotatable bonds is 5. The molecular formula is C16H18ClN3O. The minimum Gasteiger partial charge on any atom is -0.370 e. The fourth-order valence-electron chi connectivity index (χ4n) is 2.00. The van der Waals surface area contributed by atoms with Crippen LogP contribution in [0.1, 0.15) is 22.8 Å².